The third-order valence-electron chi connectivity index (χ3n) is 10.7. The van der Waals surface area contributed by atoms with Crippen LogP contribution in [-0.4, -0.2) is 0 Å². The van der Waals surface area contributed by atoms with E-state index in [0.29, 0.717) is 0 Å². The minimum absolute atomic E-state index is 0.106. The standard InChI is InChI=1S/C47H33NS/c1-47(2)41-20-9-7-17-36(41)37-25-23-32(28-42(37)47)48(33-24-26-39-38-18-8-10-21-44(38)49-45(39)29-33)43-27-22-31-13-4-6-16-35(31)46(43)40-19-11-14-30-12-3-5-15-34(30)40/h3-29H,1-2H3. The molecule has 1 aliphatic rings. The van der Waals surface area contributed by atoms with Gasteiger partial charge in [0.2, 0.25) is 0 Å². The summed E-state index contributed by atoms with van der Waals surface area (Å²) in [6.07, 6.45) is 0. The van der Waals surface area contributed by atoms with Crippen molar-refractivity contribution in [3.05, 3.63) is 175 Å². The number of thiophene rings is 1. The highest BCUT2D eigenvalue weighted by Crippen LogP contribution is 2.52. The minimum Gasteiger partial charge on any atom is -0.310 e. The smallest absolute Gasteiger partial charge is 0.0546 e. The number of benzene rings is 8. The second-order valence-electron chi connectivity index (χ2n) is 13.7. The molecule has 0 saturated heterocycles. The Morgan fingerprint density at radius 2 is 1.04 bits per heavy atom. The zero-order valence-electron chi connectivity index (χ0n) is 27.4. The number of hydrogen-bond acceptors (Lipinski definition) is 2. The molecule has 49 heavy (non-hydrogen) atoms. The molecule has 0 radical (unpaired) electrons. The van der Waals surface area contributed by atoms with Gasteiger partial charge in [0.1, 0.15) is 0 Å². The first kappa shape index (κ1) is 28.3. The normalized spacial score (nSPS) is 13.3. The molecule has 0 fully saturated rings. The summed E-state index contributed by atoms with van der Waals surface area (Å²) in [6.45, 7) is 4.74. The third-order valence-corrected chi connectivity index (χ3v) is 11.8. The fraction of sp³-hybridized carbons (Fsp3) is 0.0638. The summed E-state index contributed by atoms with van der Waals surface area (Å²) >= 11 is 1.87. The van der Waals surface area contributed by atoms with Gasteiger partial charge in [-0.2, -0.15) is 0 Å². The number of anilines is 3. The van der Waals surface area contributed by atoms with Crippen molar-refractivity contribution in [1.82, 2.24) is 0 Å². The molecule has 1 nitrogen and oxygen atoms in total. The fourth-order valence-corrected chi connectivity index (χ4v) is 9.42. The van der Waals surface area contributed by atoms with Crippen molar-refractivity contribution in [3.8, 4) is 22.3 Å². The zero-order chi connectivity index (χ0) is 32.7. The maximum Gasteiger partial charge on any atom is 0.0546 e. The van der Waals surface area contributed by atoms with E-state index in [9.17, 15) is 0 Å². The first-order valence-corrected chi connectivity index (χ1v) is 17.8. The van der Waals surface area contributed by atoms with Crippen molar-refractivity contribution in [3.63, 3.8) is 0 Å². The highest BCUT2D eigenvalue weighted by Gasteiger charge is 2.36. The lowest BCUT2D eigenvalue weighted by Crippen LogP contribution is -2.17. The van der Waals surface area contributed by atoms with Crippen molar-refractivity contribution >= 4 is 70.1 Å². The van der Waals surface area contributed by atoms with Crippen LogP contribution < -0.4 is 4.90 Å². The first-order valence-electron chi connectivity index (χ1n) is 17.0. The molecular formula is C47H33NS. The second kappa shape index (κ2) is 10.7. The quantitative estimate of drug-likeness (QED) is 0.184. The predicted octanol–water partition coefficient (Wildman–Crippen LogP) is 13.8. The Balaban J connectivity index is 1.29. The number of rotatable bonds is 4. The van der Waals surface area contributed by atoms with Crippen molar-refractivity contribution < 1.29 is 0 Å². The van der Waals surface area contributed by atoms with Crippen LogP contribution in [0, 0.1) is 0 Å². The Morgan fingerprint density at radius 1 is 0.429 bits per heavy atom. The summed E-state index contributed by atoms with van der Waals surface area (Å²) in [5.41, 5.74) is 11.3. The van der Waals surface area contributed by atoms with Gasteiger partial charge in [-0.15, -0.1) is 11.3 Å². The SMILES string of the molecule is CC1(C)c2ccccc2-c2ccc(N(c3ccc4c(c3)sc3ccccc34)c3ccc4ccccc4c3-c3cccc4ccccc34)cc21. The molecule has 8 aromatic carbocycles. The van der Waals surface area contributed by atoms with E-state index >= 15 is 0 Å². The van der Waals surface area contributed by atoms with Gasteiger partial charge in [0.25, 0.3) is 0 Å². The summed E-state index contributed by atoms with van der Waals surface area (Å²) < 4.78 is 2.62. The molecule has 2 heteroatoms. The highest BCUT2D eigenvalue weighted by molar-refractivity contribution is 7.25. The molecule has 0 saturated carbocycles. The molecule has 1 heterocycles. The Morgan fingerprint density at radius 3 is 1.92 bits per heavy atom. The molecule has 1 aromatic heterocycles. The van der Waals surface area contributed by atoms with Gasteiger partial charge in [-0.3, -0.25) is 0 Å². The van der Waals surface area contributed by atoms with Crippen LogP contribution in [0.3, 0.4) is 0 Å². The fourth-order valence-electron chi connectivity index (χ4n) is 8.29. The van der Waals surface area contributed by atoms with Gasteiger partial charge >= 0.3 is 0 Å². The van der Waals surface area contributed by atoms with Gasteiger partial charge in [0, 0.05) is 42.5 Å². The Bertz CT molecular complexity index is 2760. The van der Waals surface area contributed by atoms with E-state index in [0.717, 1.165) is 11.4 Å². The van der Waals surface area contributed by atoms with Crippen molar-refractivity contribution in [1.29, 1.82) is 0 Å². The third kappa shape index (κ3) is 4.24. The van der Waals surface area contributed by atoms with Crippen molar-refractivity contribution in [2.24, 2.45) is 0 Å². The minimum atomic E-state index is -0.106. The largest absolute Gasteiger partial charge is 0.310 e. The molecule has 0 atom stereocenters. The van der Waals surface area contributed by atoms with Crippen LogP contribution >= 0.6 is 11.3 Å². The molecule has 10 rings (SSSR count). The van der Waals surface area contributed by atoms with Crippen LogP contribution in [0.5, 0.6) is 0 Å². The molecule has 0 N–H and O–H groups in total. The summed E-state index contributed by atoms with van der Waals surface area (Å²) in [5, 5.41) is 7.61. The average molecular weight is 644 g/mol. The van der Waals surface area contributed by atoms with Crippen LogP contribution in [0.4, 0.5) is 17.1 Å². The van der Waals surface area contributed by atoms with Gasteiger partial charge in [-0.25, -0.2) is 0 Å². The van der Waals surface area contributed by atoms with E-state index in [4.69, 9.17) is 0 Å². The van der Waals surface area contributed by atoms with Crippen LogP contribution in [-0.2, 0) is 5.41 Å². The lowest BCUT2D eigenvalue weighted by Gasteiger charge is -2.30. The van der Waals surface area contributed by atoms with E-state index in [-0.39, 0.29) is 5.41 Å². The van der Waals surface area contributed by atoms with E-state index < -0.39 is 0 Å². The first-order chi connectivity index (χ1) is 24.1. The maximum atomic E-state index is 2.51. The lowest BCUT2D eigenvalue weighted by atomic mass is 9.82. The Kier molecular flexibility index (Phi) is 6.16. The summed E-state index contributed by atoms with van der Waals surface area (Å²) in [7, 11) is 0. The molecule has 0 amide bonds. The molecule has 1 aliphatic carbocycles. The zero-order valence-corrected chi connectivity index (χ0v) is 28.3. The average Bonchev–Trinajstić information content (AvgIpc) is 3.63. The number of nitrogens with zero attached hydrogens (tertiary/aromatic N) is 1. The second-order valence-corrected chi connectivity index (χ2v) is 14.8. The number of fused-ring (bicyclic) bond motifs is 8. The molecule has 232 valence electrons. The van der Waals surface area contributed by atoms with Crippen LogP contribution in [0.25, 0.3) is 64.0 Å². The summed E-state index contributed by atoms with van der Waals surface area (Å²) in [6, 6.07) is 60.8. The predicted molar refractivity (Wildman–Crippen MR) is 212 cm³/mol. The van der Waals surface area contributed by atoms with Gasteiger partial charge in [-0.1, -0.05) is 141 Å². The van der Waals surface area contributed by atoms with Gasteiger partial charge in [0.05, 0.1) is 5.69 Å². The van der Waals surface area contributed by atoms with E-state index in [2.05, 4.69) is 183 Å². The van der Waals surface area contributed by atoms with Crippen LogP contribution in [0.1, 0.15) is 25.0 Å². The van der Waals surface area contributed by atoms with E-state index in [1.165, 1.54) is 80.8 Å². The van der Waals surface area contributed by atoms with Crippen LogP contribution in [0.15, 0.2) is 164 Å². The number of hydrogen-bond donors (Lipinski definition) is 0. The van der Waals surface area contributed by atoms with Gasteiger partial charge in [-0.05, 0) is 85.8 Å². The van der Waals surface area contributed by atoms with Crippen molar-refractivity contribution in [2.75, 3.05) is 4.90 Å². The summed E-state index contributed by atoms with van der Waals surface area (Å²) in [5.74, 6) is 0. The van der Waals surface area contributed by atoms with E-state index in [1.54, 1.807) is 0 Å². The van der Waals surface area contributed by atoms with Crippen molar-refractivity contribution in [2.45, 2.75) is 19.3 Å². The summed E-state index contributed by atoms with van der Waals surface area (Å²) in [4.78, 5) is 2.51. The molecule has 0 unspecified atom stereocenters. The topological polar surface area (TPSA) is 3.24 Å². The van der Waals surface area contributed by atoms with Gasteiger partial charge in [0.15, 0.2) is 0 Å². The van der Waals surface area contributed by atoms with E-state index in [1.807, 2.05) is 11.3 Å². The molecular weight excluding hydrogens is 611 g/mol. The maximum absolute atomic E-state index is 2.51. The molecule has 0 bridgehead atoms. The Labute approximate surface area is 290 Å². The molecule has 0 spiro atoms. The van der Waals surface area contributed by atoms with Crippen LogP contribution in [0.2, 0.25) is 0 Å². The molecule has 0 aliphatic heterocycles. The monoisotopic (exact) mass is 643 g/mol. The Hall–Kier alpha value is -5.70. The lowest BCUT2D eigenvalue weighted by molar-refractivity contribution is 0.660. The molecule has 9 aromatic rings. The highest BCUT2D eigenvalue weighted by atomic mass is 32.1. The van der Waals surface area contributed by atoms with Gasteiger partial charge < -0.3 is 4.90 Å².